The molecule has 76 valence electrons. The van der Waals surface area contributed by atoms with Crippen LogP contribution in [0.2, 0.25) is 0 Å². The number of rotatable bonds is 2. The molecular formula is C11H14FNO. The van der Waals surface area contributed by atoms with Crippen LogP contribution in [0.5, 0.6) is 0 Å². The first-order chi connectivity index (χ1) is 6.86. The van der Waals surface area contributed by atoms with E-state index < -0.39 is 0 Å². The maximum Gasteiger partial charge on any atom is 0.126 e. The van der Waals surface area contributed by atoms with Crippen LogP contribution in [0.25, 0.3) is 0 Å². The molecule has 0 spiro atoms. The van der Waals surface area contributed by atoms with Gasteiger partial charge in [0.2, 0.25) is 0 Å². The van der Waals surface area contributed by atoms with Gasteiger partial charge in [0.1, 0.15) is 12.0 Å². The van der Waals surface area contributed by atoms with Crippen LogP contribution < -0.4 is 5.32 Å². The second-order valence-corrected chi connectivity index (χ2v) is 3.46. The average molecular weight is 195 g/mol. The van der Waals surface area contributed by atoms with Crippen molar-refractivity contribution in [2.75, 3.05) is 13.2 Å². The summed E-state index contributed by atoms with van der Waals surface area (Å²) >= 11 is 0. The normalized spacial score (nSPS) is 22.2. The van der Waals surface area contributed by atoms with Gasteiger partial charge in [0.05, 0.1) is 0 Å². The first-order valence-electron chi connectivity index (χ1n) is 4.94. The fourth-order valence-corrected chi connectivity index (χ4v) is 1.61. The van der Waals surface area contributed by atoms with Gasteiger partial charge in [-0.2, -0.15) is 0 Å². The summed E-state index contributed by atoms with van der Waals surface area (Å²) in [6.45, 7) is 1.73. The fourth-order valence-electron chi connectivity index (χ4n) is 1.61. The fraction of sp³-hybridized carbons (Fsp3) is 0.455. The molecule has 1 atom stereocenters. The third kappa shape index (κ3) is 2.30. The van der Waals surface area contributed by atoms with Gasteiger partial charge in [0.15, 0.2) is 0 Å². The molecule has 1 unspecified atom stereocenters. The zero-order chi connectivity index (χ0) is 9.80. The lowest BCUT2D eigenvalue weighted by Gasteiger charge is -2.24. The van der Waals surface area contributed by atoms with Crippen LogP contribution in [-0.2, 0) is 11.2 Å². The van der Waals surface area contributed by atoms with Gasteiger partial charge in [0, 0.05) is 13.0 Å². The molecular weight excluding hydrogens is 181 g/mol. The minimum absolute atomic E-state index is 0.0272. The molecule has 2 nitrogen and oxygen atoms in total. The summed E-state index contributed by atoms with van der Waals surface area (Å²) in [7, 11) is 0. The van der Waals surface area contributed by atoms with Gasteiger partial charge in [-0.3, -0.25) is 5.32 Å². The smallest absolute Gasteiger partial charge is 0.126 e. The Bertz CT molecular complexity index is 297. The molecule has 0 saturated carbocycles. The molecule has 1 aliphatic rings. The maximum atomic E-state index is 13.3. The summed E-state index contributed by atoms with van der Waals surface area (Å²) in [6.07, 6.45) is 1.61. The molecule has 0 aromatic heterocycles. The Morgan fingerprint density at radius 3 is 3.00 bits per heavy atom. The van der Waals surface area contributed by atoms with Crippen molar-refractivity contribution < 1.29 is 9.13 Å². The molecule has 1 N–H and O–H groups in total. The molecule has 1 aliphatic heterocycles. The van der Waals surface area contributed by atoms with Gasteiger partial charge in [-0.25, -0.2) is 4.39 Å². The first-order valence-corrected chi connectivity index (χ1v) is 4.94. The third-order valence-corrected chi connectivity index (χ3v) is 2.38. The second-order valence-electron chi connectivity index (χ2n) is 3.46. The van der Waals surface area contributed by atoms with Crippen LogP contribution in [0.3, 0.4) is 0 Å². The Morgan fingerprint density at radius 1 is 1.43 bits per heavy atom. The van der Waals surface area contributed by atoms with E-state index in [4.69, 9.17) is 4.74 Å². The highest BCUT2D eigenvalue weighted by Crippen LogP contribution is 2.11. The van der Waals surface area contributed by atoms with Crippen molar-refractivity contribution in [2.24, 2.45) is 0 Å². The minimum atomic E-state index is -0.150. The van der Waals surface area contributed by atoms with Gasteiger partial charge in [0.25, 0.3) is 0 Å². The Hall–Kier alpha value is -0.930. The zero-order valence-electron chi connectivity index (χ0n) is 8.00. The van der Waals surface area contributed by atoms with E-state index in [-0.39, 0.29) is 12.0 Å². The lowest BCUT2D eigenvalue weighted by molar-refractivity contribution is 0.00149. The highest BCUT2D eigenvalue weighted by Gasteiger charge is 2.14. The van der Waals surface area contributed by atoms with Crippen molar-refractivity contribution >= 4 is 0 Å². The summed E-state index contributed by atoms with van der Waals surface area (Å²) in [5, 5.41) is 3.21. The van der Waals surface area contributed by atoms with E-state index in [1.807, 2.05) is 6.07 Å². The monoisotopic (exact) mass is 195 g/mol. The van der Waals surface area contributed by atoms with E-state index >= 15 is 0 Å². The highest BCUT2D eigenvalue weighted by atomic mass is 19.1. The summed E-state index contributed by atoms with van der Waals surface area (Å²) in [5.74, 6) is -0.150. The van der Waals surface area contributed by atoms with Crippen LogP contribution in [-0.4, -0.2) is 19.4 Å². The Kier molecular flexibility index (Phi) is 3.11. The number of hydrogen-bond donors (Lipinski definition) is 1. The molecule has 0 bridgehead atoms. The molecule has 14 heavy (non-hydrogen) atoms. The van der Waals surface area contributed by atoms with E-state index in [1.54, 1.807) is 12.1 Å². The third-order valence-electron chi connectivity index (χ3n) is 2.38. The Labute approximate surface area is 83.1 Å². The van der Waals surface area contributed by atoms with E-state index in [2.05, 4.69) is 5.32 Å². The molecule has 0 amide bonds. The van der Waals surface area contributed by atoms with Gasteiger partial charge in [-0.1, -0.05) is 18.2 Å². The van der Waals surface area contributed by atoms with Crippen molar-refractivity contribution in [3.05, 3.63) is 35.6 Å². The summed E-state index contributed by atoms with van der Waals surface area (Å²) in [5.41, 5.74) is 0.715. The molecule has 1 fully saturated rings. The van der Waals surface area contributed by atoms with E-state index in [9.17, 15) is 4.39 Å². The predicted octanol–water partition coefficient (Wildman–Crippen LogP) is 1.70. The standard InChI is InChI=1S/C11H14FNO/c12-10-5-2-1-4-9(10)8-11-13-6-3-7-14-11/h1-2,4-5,11,13H,3,6-8H2. The highest BCUT2D eigenvalue weighted by molar-refractivity contribution is 5.17. The zero-order valence-corrected chi connectivity index (χ0v) is 8.00. The van der Waals surface area contributed by atoms with E-state index in [1.165, 1.54) is 6.07 Å². The molecule has 1 heterocycles. The molecule has 1 aromatic carbocycles. The largest absolute Gasteiger partial charge is 0.363 e. The van der Waals surface area contributed by atoms with Crippen molar-refractivity contribution in [1.29, 1.82) is 0 Å². The predicted molar refractivity (Wildman–Crippen MR) is 52.5 cm³/mol. The first kappa shape index (κ1) is 9.62. The summed E-state index contributed by atoms with van der Waals surface area (Å²) in [6, 6.07) is 6.84. The molecule has 3 heteroatoms. The van der Waals surface area contributed by atoms with Crippen LogP contribution in [0.15, 0.2) is 24.3 Å². The summed E-state index contributed by atoms with van der Waals surface area (Å²) < 4.78 is 18.7. The molecule has 1 aromatic rings. The van der Waals surface area contributed by atoms with Gasteiger partial charge in [-0.15, -0.1) is 0 Å². The van der Waals surface area contributed by atoms with Crippen LogP contribution in [0, 0.1) is 5.82 Å². The molecule has 1 saturated heterocycles. The maximum absolute atomic E-state index is 13.3. The number of nitrogens with one attached hydrogen (secondary N) is 1. The Morgan fingerprint density at radius 2 is 2.29 bits per heavy atom. The van der Waals surface area contributed by atoms with Crippen LogP contribution >= 0.6 is 0 Å². The second kappa shape index (κ2) is 4.53. The van der Waals surface area contributed by atoms with Crippen molar-refractivity contribution in [2.45, 2.75) is 19.1 Å². The lowest BCUT2D eigenvalue weighted by atomic mass is 10.1. The van der Waals surface area contributed by atoms with Crippen LogP contribution in [0.1, 0.15) is 12.0 Å². The van der Waals surface area contributed by atoms with Crippen LogP contribution in [0.4, 0.5) is 4.39 Å². The van der Waals surface area contributed by atoms with Crippen molar-refractivity contribution in [3.8, 4) is 0 Å². The van der Waals surface area contributed by atoms with E-state index in [0.29, 0.717) is 12.0 Å². The number of hydrogen-bond acceptors (Lipinski definition) is 2. The number of ether oxygens (including phenoxy) is 1. The molecule has 0 aliphatic carbocycles. The van der Waals surface area contributed by atoms with Gasteiger partial charge in [-0.05, 0) is 24.6 Å². The van der Waals surface area contributed by atoms with Crippen molar-refractivity contribution in [3.63, 3.8) is 0 Å². The topological polar surface area (TPSA) is 21.3 Å². The molecule has 2 rings (SSSR count). The quantitative estimate of drug-likeness (QED) is 0.775. The molecule has 0 radical (unpaired) electrons. The SMILES string of the molecule is Fc1ccccc1CC1NCCCO1. The lowest BCUT2D eigenvalue weighted by Crippen LogP contribution is -2.39. The number of halogens is 1. The van der Waals surface area contributed by atoms with Gasteiger partial charge < -0.3 is 4.74 Å². The average Bonchev–Trinajstić information content (AvgIpc) is 2.23. The van der Waals surface area contributed by atoms with Crippen molar-refractivity contribution in [1.82, 2.24) is 5.32 Å². The number of benzene rings is 1. The van der Waals surface area contributed by atoms with Gasteiger partial charge >= 0.3 is 0 Å². The van der Waals surface area contributed by atoms with E-state index in [0.717, 1.165) is 19.6 Å². The minimum Gasteiger partial charge on any atom is -0.363 e. The Balaban J connectivity index is 1.99. The summed E-state index contributed by atoms with van der Waals surface area (Å²) in [4.78, 5) is 0.